The molecule has 0 N–H and O–H groups in total. The number of nitriles is 2. The molecule has 0 aliphatic rings. The van der Waals surface area contributed by atoms with E-state index in [2.05, 4.69) is 0 Å². The molecule has 1 aromatic carbocycles. The molecule has 1 aromatic heterocycles. The summed E-state index contributed by atoms with van der Waals surface area (Å²) in [5, 5.41) is 18.6. The molecule has 4 heteroatoms. The van der Waals surface area contributed by atoms with Crippen LogP contribution < -0.4 is 0 Å². The first-order valence-corrected chi connectivity index (χ1v) is 6.47. The summed E-state index contributed by atoms with van der Waals surface area (Å²) in [7, 11) is 1.92. The van der Waals surface area contributed by atoms with E-state index in [1.165, 1.54) is 0 Å². The highest BCUT2D eigenvalue weighted by Crippen LogP contribution is 2.29. The van der Waals surface area contributed by atoms with Gasteiger partial charge in [0.2, 0.25) is 0 Å². The van der Waals surface area contributed by atoms with Crippen molar-refractivity contribution in [2.24, 2.45) is 7.05 Å². The van der Waals surface area contributed by atoms with E-state index >= 15 is 0 Å². The summed E-state index contributed by atoms with van der Waals surface area (Å²) < 4.78 is 1.96. The van der Waals surface area contributed by atoms with E-state index in [4.69, 9.17) is 10.5 Å². The van der Waals surface area contributed by atoms with Gasteiger partial charge in [0.15, 0.2) is 0 Å². The molecule has 0 radical (unpaired) electrons. The Labute approximate surface area is 116 Å². The van der Waals surface area contributed by atoms with Crippen molar-refractivity contribution in [3.63, 3.8) is 0 Å². The molecular formula is C15H11N3S. The Hall–Kier alpha value is -2.43. The summed E-state index contributed by atoms with van der Waals surface area (Å²) >= 11 is 1.65. The molecule has 19 heavy (non-hydrogen) atoms. The van der Waals surface area contributed by atoms with Gasteiger partial charge in [0, 0.05) is 17.6 Å². The lowest BCUT2D eigenvalue weighted by Gasteiger charge is -2.04. The quantitative estimate of drug-likeness (QED) is 0.797. The molecular weight excluding hydrogens is 254 g/mol. The van der Waals surface area contributed by atoms with E-state index in [-0.39, 0.29) is 5.57 Å². The van der Waals surface area contributed by atoms with E-state index in [1.807, 2.05) is 66.2 Å². The average molecular weight is 265 g/mol. The second-order valence-electron chi connectivity index (χ2n) is 3.85. The Bertz CT molecular complexity index is 668. The summed E-state index contributed by atoms with van der Waals surface area (Å²) in [6, 6.07) is 17.7. The van der Waals surface area contributed by atoms with Crippen LogP contribution in [0, 0.1) is 22.7 Å². The van der Waals surface area contributed by atoms with Gasteiger partial charge < -0.3 is 4.57 Å². The Morgan fingerprint density at radius 3 is 2.42 bits per heavy atom. The molecule has 0 saturated heterocycles. The van der Waals surface area contributed by atoms with Gasteiger partial charge >= 0.3 is 0 Å². The monoisotopic (exact) mass is 265 g/mol. The molecule has 0 spiro atoms. The van der Waals surface area contributed by atoms with Gasteiger partial charge in [-0.15, -0.1) is 0 Å². The number of benzene rings is 1. The number of nitrogens with zero attached hydrogens (tertiary/aromatic N) is 3. The van der Waals surface area contributed by atoms with Gasteiger partial charge in [0.05, 0.1) is 5.03 Å². The van der Waals surface area contributed by atoms with E-state index in [9.17, 15) is 0 Å². The highest BCUT2D eigenvalue weighted by molar-refractivity contribution is 7.99. The third kappa shape index (κ3) is 3.07. The maximum absolute atomic E-state index is 8.76. The number of hydrogen-bond donors (Lipinski definition) is 0. The fourth-order valence-electron chi connectivity index (χ4n) is 1.60. The molecule has 0 unspecified atom stereocenters. The summed E-state index contributed by atoms with van der Waals surface area (Å²) in [6.07, 6.45) is 1.59. The van der Waals surface area contributed by atoms with E-state index in [0.717, 1.165) is 15.6 Å². The first-order valence-electron chi connectivity index (χ1n) is 5.65. The molecule has 1 heterocycles. The molecule has 0 aliphatic heterocycles. The van der Waals surface area contributed by atoms with Crippen LogP contribution >= 0.6 is 11.8 Å². The lowest BCUT2D eigenvalue weighted by molar-refractivity contribution is 0.819. The molecule has 0 bridgehead atoms. The minimum atomic E-state index is 0.109. The van der Waals surface area contributed by atoms with Gasteiger partial charge in [-0.05, 0) is 30.3 Å². The standard InChI is InChI=1S/C15H11N3S/c1-18-13(9-12(10-16)11-17)7-8-15(18)19-14-5-3-2-4-6-14/h2-9H,1H3. The first kappa shape index (κ1) is 13.0. The fourth-order valence-corrected chi connectivity index (χ4v) is 2.51. The molecule has 0 fully saturated rings. The van der Waals surface area contributed by atoms with Gasteiger partial charge in [0.25, 0.3) is 0 Å². The zero-order chi connectivity index (χ0) is 13.7. The lowest BCUT2D eigenvalue weighted by Crippen LogP contribution is -1.93. The van der Waals surface area contributed by atoms with E-state index in [1.54, 1.807) is 17.8 Å². The van der Waals surface area contributed by atoms with Crippen LogP contribution in [-0.2, 0) is 7.05 Å². The Morgan fingerprint density at radius 2 is 1.79 bits per heavy atom. The van der Waals surface area contributed by atoms with Crippen molar-refractivity contribution in [1.29, 1.82) is 10.5 Å². The maximum atomic E-state index is 8.76. The third-order valence-electron chi connectivity index (χ3n) is 2.61. The summed E-state index contributed by atoms with van der Waals surface area (Å²) in [4.78, 5) is 1.15. The lowest BCUT2D eigenvalue weighted by atomic mass is 10.2. The highest BCUT2D eigenvalue weighted by atomic mass is 32.2. The molecule has 0 saturated carbocycles. The van der Waals surface area contributed by atoms with Crippen molar-refractivity contribution in [3.05, 3.63) is 53.7 Å². The molecule has 0 atom stereocenters. The van der Waals surface area contributed by atoms with Crippen LogP contribution in [0.4, 0.5) is 0 Å². The van der Waals surface area contributed by atoms with Crippen molar-refractivity contribution in [1.82, 2.24) is 4.57 Å². The predicted molar refractivity (Wildman–Crippen MR) is 75.2 cm³/mol. The zero-order valence-electron chi connectivity index (χ0n) is 10.4. The number of aromatic nitrogens is 1. The third-order valence-corrected chi connectivity index (χ3v) is 3.74. The second-order valence-corrected chi connectivity index (χ2v) is 4.95. The van der Waals surface area contributed by atoms with Gasteiger partial charge in [-0.25, -0.2) is 0 Å². The molecule has 2 rings (SSSR count). The van der Waals surface area contributed by atoms with Crippen LogP contribution in [0.3, 0.4) is 0 Å². The topological polar surface area (TPSA) is 52.5 Å². The SMILES string of the molecule is Cn1c(C=C(C#N)C#N)ccc1Sc1ccccc1. The minimum absolute atomic E-state index is 0.109. The summed E-state index contributed by atoms with van der Waals surface area (Å²) in [6.45, 7) is 0. The van der Waals surface area contributed by atoms with Crippen LogP contribution in [0.2, 0.25) is 0 Å². The van der Waals surface area contributed by atoms with Crippen molar-refractivity contribution >= 4 is 17.8 Å². The van der Waals surface area contributed by atoms with Crippen molar-refractivity contribution < 1.29 is 0 Å². The number of hydrogen-bond acceptors (Lipinski definition) is 3. The maximum Gasteiger partial charge on any atom is 0.131 e. The Balaban J connectivity index is 2.28. The van der Waals surface area contributed by atoms with E-state index in [0.29, 0.717) is 0 Å². The van der Waals surface area contributed by atoms with Gasteiger partial charge in [0.1, 0.15) is 17.7 Å². The number of allylic oxidation sites excluding steroid dienone is 1. The van der Waals surface area contributed by atoms with Crippen molar-refractivity contribution in [2.75, 3.05) is 0 Å². The van der Waals surface area contributed by atoms with Crippen LogP contribution in [0.5, 0.6) is 0 Å². The average Bonchev–Trinajstić information content (AvgIpc) is 2.78. The molecule has 2 aromatic rings. The minimum Gasteiger partial charge on any atom is -0.339 e. The number of rotatable bonds is 3. The van der Waals surface area contributed by atoms with Crippen LogP contribution in [0.1, 0.15) is 5.69 Å². The largest absolute Gasteiger partial charge is 0.339 e. The Kier molecular flexibility index (Phi) is 4.07. The molecule has 0 aliphatic carbocycles. The van der Waals surface area contributed by atoms with Gasteiger partial charge in [-0.1, -0.05) is 30.0 Å². The summed E-state index contributed by atoms with van der Waals surface area (Å²) in [5.41, 5.74) is 0.953. The normalized spacial score (nSPS) is 9.42. The molecule has 92 valence electrons. The van der Waals surface area contributed by atoms with Crippen molar-refractivity contribution in [2.45, 2.75) is 9.92 Å². The van der Waals surface area contributed by atoms with Crippen LogP contribution in [0.25, 0.3) is 6.08 Å². The summed E-state index contributed by atoms with van der Waals surface area (Å²) in [5.74, 6) is 0. The Morgan fingerprint density at radius 1 is 1.11 bits per heavy atom. The van der Waals surface area contributed by atoms with Crippen LogP contribution in [0.15, 0.2) is 58.0 Å². The fraction of sp³-hybridized carbons (Fsp3) is 0.0667. The van der Waals surface area contributed by atoms with Gasteiger partial charge in [-0.2, -0.15) is 10.5 Å². The van der Waals surface area contributed by atoms with Crippen LogP contribution in [-0.4, -0.2) is 4.57 Å². The second kappa shape index (κ2) is 5.95. The zero-order valence-corrected chi connectivity index (χ0v) is 11.2. The van der Waals surface area contributed by atoms with Gasteiger partial charge in [-0.3, -0.25) is 0 Å². The first-order chi connectivity index (χ1) is 9.24. The smallest absolute Gasteiger partial charge is 0.131 e. The van der Waals surface area contributed by atoms with Crippen molar-refractivity contribution in [3.8, 4) is 12.1 Å². The molecule has 0 amide bonds. The predicted octanol–water partition coefficient (Wildman–Crippen LogP) is 3.61. The van der Waals surface area contributed by atoms with E-state index < -0.39 is 0 Å². The molecule has 3 nitrogen and oxygen atoms in total. The highest BCUT2D eigenvalue weighted by Gasteiger charge is 2.05.